The van der Waals surface area contributed by atoms with Crippen molar-refractivity contribution in [3.8, 4) is 0 Å². The minimum Gasteiger partial charge on any atom is -0.251 e. The maximum Gasteiger partial charge on any atom is 0.416 e. The van der Waals surface area contributed by atoms with Crippen LogP contribution >= 0.6 is 23.1 Å². The van der Waals surface area contributed by atoms with Crippen molar-refractivity contribution in [2.45, 2.75) is 17.1 Å². The molecule has 102 valence electrons. The fourth-order valence-electron chi connectivity index (χ4n) is 1.29. The molecule has 2 aromatic rings. The van der Waals surface area contributed by atoms with E-state index in [1.54, 1.807) is 0 Å². The highest BCUT2D eigenvalue weighted by atomic mass is 35.5. The van der Waals surface area contributed by atoms with Crippen LogP contribution in [0.15, 0.2) is 29.4 Å². The summed E-state index contributed by atoms with van der Waals surface area (Å²) < 4.78 is 52.9. The second-order valence-corrected chi connectivity index (χ2v) is 6.19. The molecule has 1 atom stereocenters. The highest BCUT2D eigenvalue weighted by Gasteiger charge is 2.30. The predicted octanol–water partition coefficient (Wildman–Crippen LogP) is 3.52. The van der Waals surface area contributed by atoms with Crippen LogP contribution < -0.4 is 0 Å². The van der Waals surface area contributed by atoms with Gasteiger partial charge in [0.25, 0.3) is 0 Å². The molecule has 0 saturated heterocycles. The highest BCUT2D eigenvalue weighted by Crippen LogP contribution is 2.29. The van der Waals surface area contributed by atoms with Gasteiger partial charge in [0, 0.05) is 0 Å². The summed E-state index contributed by atoms with van der Waals surface area (Å²) in [7, 11) is -1.52. The van der Waals surface area contributed by atoms with E-state index in [-0.39, 0.29) is 15.4 Å². The van der Waals surface area contributed by atoms with Crippen LogP contribution in [0.2, 0.25) is 4.47 Å². The van der Waals surface area contributed by atoms with Gasteiger partial charge in [-0.15, -0.1) is 0 Å². The molecular formula is C10H6ClF3N2OS2. The Morgan fingerprint density at radius 2 is 1.89 bits per heavy atom. The largest absolute Gasteiger partial charge is 0.416 e. The number of aromatic nitrogens is 2. The third-order valence-electron chi connectivity index (χ3n) is 2.17. The second-order valence-electron chi connectivity index (χ2n) is 3.51. The average Bonchev–Trinajstić information content (AvgIpc) is 2.75. The van der Waals surface area contributed by atoms with Crippen LogP contribution in [0.1, 0.15) is 11.1 Å². The topological polar surface area (TPSA) is 42.9 Å². The SMILES string of the molecule is O=S(Cc1ccc(C(F)(F)F)cc1)c1nsc(Cl)n1. The fourth-order valence-corrected chi connectivity index (χ4v) is 3.17. The Kier molecular flexibility index (Phi) is 4.22. The minimum absolute atomic E-state index is 0.0468. The summed E-state index contributed by atoms with van der Waals surface area (Å²) >= 11 is 6.48. The molecule has 0 spiro atoms. The van der Waals surface area contributed by atoms with Crippen LogP contribution in [0.25, 0.3) is 0 Å². The lowest BCUT2D eigenvalue weighted by atomic mass is 10.1. The molecule has 1 unspecified atom stereocenters. The summed E-state index contributed by atoms with van der Waals surface area (Å²) in [5.41, 5.74) is -0.228. The first-order valence-electron chi connectivity index (χ1n) is 4.90. The van der Waals surface area contributed by atoms with E-state index >= 15 is 0 Å². The molecule has 1 heterocycles. The maximum absolute atomic E-state index is 12.4. The van der Waals surface area contributed by atoms with Crippen molar-refractivity contribution in [1.82, 2.24) is 9.36 Å². The van der Waals surface area contributed by atoms with Crippen LogP contribution in [-0.2, 0) is 22.7 Å². The van der Waals surface area contributed by atoms with Gasteiger partial charge in [-0.3, -0.25) is 4.21 Å². The third kappa shape index (κ3) is 3.74. The molecule has 3 nitrogen and oxygen atoms in total. The summed E-state index contributed by atoms with van der Waals surface area (Å²) in [6.07, 6.45) is -4.37. The van der Waals surface area contributed by atoms with Gasteiger partial charge in [-0.25, -0.2) is 0 Å². The van der Waals surface area contributed by atoms with Gasteiger partial charge >= 0.3 is 6.18 Å². The average molecular weight is 327 g/mol. The molecular weight excluding hydrogens is 321 g/mol. The predicted molar refractivity (Wildman–Crippen MR) is 66.5 cm³/mol. The van der Waals surface area contributed by atoms with Gasteiger partial charge in [0.15, 0.2) is 0 Å². The van der Waals surface area contributed by atoms with Gasteiger partial charge in [0.2, 0.25) is 9.62 Å². The van der Waals surface area contributed by atoms with Gasteiger partial charge in [0.1, 0.15) is 0 Å². The number of rotatable bonds is 3. The van der Waals surface area contributed by atoms with Crippen LogP contribution in [0.4, 0.5) is 13.2 Å². The van der Waals surface area contributed by atoms with Gasteiger partial charge < -0.3 is 0 Å². The molecule has 19 heavy (non-hydrogen) atoms. The molecule has 0 aliphatic heterocycles. The van der Waals surface area contributed by atoms with E-state index in [9.17, 15) is 17.4 Å². The fraction of sp³-hybridized carbons (Fsp3) is 0.200. The molecule has 0 aliphatic rings. The monoisotopic (exact) mass is 326 g/mol. The second kappa shape index (κ2) is 5.56. The molecule has 0 fully saturated rings. The highest BCUT2D eigenvalue weighted by molar-refractivity contribution is 7.84. The quantitative estimate of drug-likeness (QED) is 0.866. The van der Waals surface area contributed by atoms with Crippen LogP contribution in [0.3, 0.4) is 0 Å². The molecule has 0 bridgehead atoms. The third-order valence-corrected chi connectivity index (χ3v) is 4.26. The number of alkyl halides is 3. The molecule has 1 aromatic carbocycles. The summed E-state index contributed by atoms with van der Waals surface area (Å²) in [6.45, 7) is 0. The Labute approximate surface area is 118 Å². The van der Waals surface area contributed by atoms with Gasteiger partial charge in [-0.05, 0) is 40.8 Å². The molecule has 0 aliphatic carbocycles. The summed E-state index contributed by atoms with van der Waals surface area (Å²) in [4.78, 5) is 3.76. The van der Waals surface area contributed by atoms with E-state index in [1.807, 2.05) is 0 Å². The molecule has 0 saturated carbocycles. The lowest BCUT2D eigenvalue weighted by Crippen LogP contribution is -2.05. The van der Waals surface area contributed by atoms with E-state index in [2.05, 4.69) is 9.36 Å². The molecule has 9 heteroatoms. The number of nitrogens with zero attached hydrogens (tertiary/aromatic N) is 2. The number of hydrogen-bond acceptors (Lipinski definition) is 4. The first-order valence-corrected chi connectivity index (χ1v) is 7.37. The lowest BCUT2D eigenvalue weighted by Gasteiger charge is -2.06. The molecule has 1 aromatic heterocycles. The van der Waals surface area contributed by atoms with Crippen molar-refractivity contribution in [3.63, 3.8) is 0 Å². The Bertz CT molecular complexity index is 598. The minimum atomic E-state index is -4.37. The van der Waals surface area contributed by atoms with Gasteiger partial charge in [0.05, 0.1) is 22.1 Å². The van der Waals surface area contributed by atoms with Crippen molar-refractivity contribution < 1.29 is 17.4 Å². The van der Waals surface area contributed by atoms with Crippen molar-refractivity contribution in [2.24, 2.45) is 0 Å². The van der Waals surface area contributed by atoms with Crippen LogP contribution in [0, 0.1) is 0 Å². The van der Waals surface area contributed by atoms with E-state index in [0.717, 1.165) is 23.7 Å². The van der Waals surface area contributed by atoms with E-state index < -0.39 is 22.5 Å². The summed E-state index contributed by atoms with van der Waals surface area (Å²) in [6, 6.07) is 4.48. The van der Waals surface area contributed by atoms with Gasteiger partial charge in [-0.1, -0.05) is 12.1 Å². The first kappa shape index (κ1) is 14.4. The van der Waals surface area contributed by atoms with Crippen LogP contribution in [-0.4, -0.2) is 13.6 Å². The molecule has 0 amide bonds. The van der Waals surface area contributed by atoms with E-state index in [4.69, 9.17) is 11.6 Å². The van der Waals surface area contributed by atoms with Crippen molar-refractivity contribution in [2.75, 3.05) is 0 Å². The van der Waals surface area contributed by atoms with Crippen LogP contribution in [0.5, 0.6) is 0 Å². The molecule has 0 radical (unpaired) electrons. The zero-order valence-electron chi connectivity index (χ0n) is 9.15. The molecule has 2 rings (SSSR count). The number of benzene rings is 1. The van der Waals surface area contributed by atoms with Crippen molar-refractivity contribution >= 4 is 33.9 Å². The maximum atomic E-state index is 12.4. The number of halogens is 4. The summed E-state index contributed by atoms with van der Waals surface area (Å²) in [5.74, 6) is 0.0468. The summed E-state index contributed by atoms with van der Waals surface area (Å²) in [5, 5.41) is 0.0925. The Balaban J connectivity index is 2.10. The standard InChI is InChI=1S/C10H6ClF3N2OS2/c11-8-15-9(16-18-8)19(17)5-6-1-3-7(4-2-6)10(12,13)14/h1-4H,5H2. The van der Waals surface area contributed by atoms with Crippen molar-refractivity contribution in [1.29, 1.82) is 0 Å². The lowest BCUT2D eigenvalue weighted by molar-refractivity contribution is -0.137. The van der Waals surface area contributed by atoms with E-state index in [1.165, 1.54) is 12.1 Å². The Hall–Kier alpha value is -0.990. The molecule has 0 N–H and O–H groups in total. The zero-order chi connectivity index (χ0) is 14.0. The number of hydrogen-bond donors (Lipinski definition) is 0. The zero-order valence-corrected chi connectivity index (χ0v) is 11.5. The Morgan fingerprint density at radius 3 is 2.37 bits per heavy atom. The van der Waals surface area contributed by atoms with Crippen molar-refractivity contribution in [3.05, 3.63) is 39.9 Å². The Morgan fingerprint density at radius 1 is 1.26 bits per heavy atom. The normalized spacial score (nSPS) is 13.5. The first-order chi connectivity index (χ1) is 8.86. The van der Waals surface area contributed by atoms with Gasteiger partial charge in [-0.2, -0.15) is 22.5 Å². The smallest absolute Gasteiger partial charge is 0.251 e. The van der Waals surface area contributed by atoms with E-state index in [0.29, 0.717) is 5.56 Å².